The van der Waals surface area contributed by atoms with Gasteiger partial charge in [0.2, 0.25) is 5.91 Å². The predicted octanol–water partition coefficient (Wildman–Crippen LogP) is 2.48. The Kier molecular flexibility index (Phi) is 4.62. The second-order valence-electron chi connectivity index (χ2n) is 6.01. The molecule has 0 fully saturated rings. The van der Waals surface area contributed by atoms with Crippen LogP contribution in [0.4, 0.5) is 5.69 Å². The van der Waals surface area contributed by atoms with Crippen molar-refractivity contribution in [3.63, 3.8) is 0 Å². The van der Waals surface area contributed by atoms with Gasteiger partial charge in [-0.2, -0.15) is 0 Å². The van der Waals surface area contributed by atoms with E-state index < -0.39 is 12.0 Å². The summed E-state index contributed by atoms with van der Waals surface area (Å²) in [6.45, 7) is 1.87. The van der Waals surface area contributed by atoms with Crippen molar-refractivity contribution in [1.82, 2.24) is 5.32 Å². The lowest BCUT2D eigenvalue weighted by molar-refractivity contribution is -0.130. The van der Waals surface area contributed by atoms with Gasteiger partial charge in [0.15, 0.2) is 6.10 Å². The van der Waals surface area contributed by atoms with E-state index in [4.69, 9.17) is 0 Å². The zero-order valence-electron chi connectivity index (χ0n) is 13.5. The van der Waals surface area contributed by atoms with E-state index in [1.54, 1.807) is 24.3 Å². The lowest BCUT2D eigenvalue weighted by Gasteiger charge is -2.21. The largest absolute Gasteiger partial charge is 0.378 e. The molecule has 1 aliphatic heterocycles. The molecule has 0 saturated heterocycles. The average Bonchev–Trinajstić information content (AvgIpc) is 2.61. The number of hydrogen-bond donors (Lipinski definition) is 3. The first-order valence-electron chi connectivity index (χ1n) is 8.00. The number of hydrogen-bond acceptors (Lipinski definition) is 3. The molecule has 2 unspecified atom stereocenters. The third-order valence-corrected chi connectivity index (χ3v) is 4.25. The fourth-order valence-electron chi connectivity index (χ4n) is 2.84. The van der Waals surface area contributed by atoms with Gasteiger partial charge in [0.1, 0.15) is 0 Å². The monoisotopic (exact) mass is 324 g/mol. The van der Waals surface area contributed by atoms with Crippen molar-refractivity contribution >= 4 is 17.5 Å². The summed E-state index contributed by atoms with van der Waals surface area (Å²) in [4.78, 5) is 23.6. The van der Waals surface area contributed by atoms with Crippen LogP contribution in [0.3, 0.4) is 0 Å². The number of carbonyl (C=O) groups is 2. The molecule has 2 amide bonds. The summed E-state index contributed by atoms with van der Waals surface area (Å²) >= 11 is 0. The minimum absolute atomic E-state index is 0.0302. The first-order chi connectivity index (χ1) is 11.5. The Labute approximate surface area is 140 Å². The standard InChI is InChI=1S/C19H20N2O3/c1-12(20-19(24)18(23)13-5-3-2-4-6-13)14-7-9-16-15(11-14)8-10-17(22)21-16/h2-7,9,11-12,18,23H,8,10H2,1H3,(H,20,24)(H,21,22). The molecule has 0 saturated carbocycles. The number of aryl methyl sites for hydroxylation is 1. The predicted molar refractivity (Wildman–Crippen MR) is 91.4 cm³/mol. The molecule has 2 atom stereocenters. The smallest absolute Gasteiger partial charge is 0.253 e. The summed E-state index contributed by atoms with van der Waals surface area (Å²) in [7, 11) is 0. The van der Waals surface area contributed by atoms with Gasteiger partial charge in [-0.3, -0.25) is 9.59 Å². The van der Waals surface area contributed by atoms with Crippen molar-refractivity contribution in [3.05, 3.63) is 65.2 Å². The summed E-state index contributed by atoms with van der Waals surface area (Å²) in [5.41, 5.74) is 3.41. The summed E-state index contributed by atoms with van der Waals surface area (Å²) in [5, 5.41) is 15.8. The molecule has 5 heteroatoms. The van der Waals surface area contributed by atoms with Crippen molar-refractivity contribution in [2.45, 2.75) is 31.9 Å². The number of anilines is 1. The lowest BCUT2D eigenvalue weighted by atomic mass is 9.97. The van der Waals surface area contributed by atoms with Crippen LogP contribution >= 0.6 is 0 Å². The Morgan fingerprint density at radius 1 is 1.12 bits per heavy atom. The van der Waals surface area contributed by atoms with Gasteiger partial charge >= 0.3 is 0 Å². The molecule has 124 valence electrons. The third-order valence-electron chi connectivity index (χ3n) is 4.25. The van der Waals surface area contributed by atoms with Crippen molar-refractivity contribution in [2.24, 2.45) is 0 Å². The molecule has 1 aliphatic rings. The van der Waals surface area contributed by atoms with Crippen molar-refractivity contribution < 1.29 is 14.7 Å². The number of aliphatic hydroxyl groups is 1. The van der Waals surface area contributed by atoms with Crippen LogP contribution < -0.4 is 10.6 Å². The highest BCUT2D eigenvalue weighted by Gasteiger charge is 2.21. The second kappa shape index (κ2) is 6.84. The highest BCUT2D eigenvalue weighted by Crippen LogP contribution is 2.26. The molecular formula is C19H20N2O3. The maximum atomic E-state index is 12.2. The third kappa shape index (κ3) is 3.46. The number of carbonyl (C=O) groups excluding carboxylic acids is 2. The summed E-state index contributed by atoms with van der Waals surface area (Å²) in [6.07, 6.45) is -0.0164. The minimum atomic E-state index is -1.19. The van der Waals surface area contributed by atoms with Crippen LogP contribution in [0, 0.1) is 0 Å². The minimum Gasteiger partial charge on any atom is -0.378 e. The molecule has 0 bridgehead atoms. The van der Waals surface area contributed by atoms with E-state index in [1.807, 2.05) is 31.2 Å². The van der Waals surface area contributed by atoms with Gasteiger partial charge in [0.05, 0.1) is 6.04 Å². The van der Waals surface area contributed by atoms with Gasteiger partial charge in [0, 0.05) is 12.1 Å². The molecule has 0 spiro atoms. The van der Waals surface area contributed by atoms with E-state index in [-0.39, 0.29) is 11.9 Å². The molecular weight excluding hydrogens is 304 g/mol. The van der Waals surface area contributed by atoms with Gasteiger partial charge < -0.3 is 15.7 Å². The van der Waals surface area contributed by atoms with E-state index in [0.29, 0.717) is 18.4 Å². The SMILES string of the molecule is CC(NC(=O)C(O)c1ccccc1)c1ccc2c(c1)CCC(=O)N2. The zero-order chi connectivity index (χ0) is 17.1. The molecule has 0 radical (unpaired) electrons. The molecule has 24 heavy (non-hydrogen) atoms. The quantitative estimate of drug-likeness (QED) is 0.808. The van der Waals surface area contributed by atoms with Gasteiger partial charge in [-0.05, 0) is 36.1 Å². The maximum absolute atomic E-state index is 12.2. The van der Waals surface area contributed by atoms with Crippen LogP contribution in [0.1, 0.15) is 42.2 Å². The number of amides is 2. The molecule has 3 N–H and O–H groups in total. The number of nitrogens with one attached hydrogen (secondary N) is 2. The number of benzene rings is 2. The Morgan fingerprint density at radius 2 is 1.88 bits per heavy atom. The van der Waals surface area contributed by atoms with Crippen LogP contribution in [-0.4, -0.2) is 16.9 Å². The Morgan fingerprint density at radius 3 is 2.62 bits per heavy atom. The normalized spacial score (nSPS) is 15.8. The van der Waals surface area contributed by atoms with Crippen LogP contribution in [-0.2, 0) is 16.0 Å². The highest BCUT2D eigenvalue weighted by molar-refractivity contribution is 5.93. The molecule has 1 heterocycles. The molecule has 5 nitrogen and oxygen atoms in total. The molecule has 2 aromatic carbocycles. The molecule has 0 aliphatic carbocycles. The van der Waals surface area contributed by atoms with Gasteiger partial charge in [0.25, 0.3) is 5.91 Å². The van der Waals surface area contributed by atoms with Gasteiger partial charge in [-0.15, -0.1) is 0 Å². The van der Waals surface area contributed by atoms with Crippen LogP contribution in [0.25, 0.3) is 0 Å². The Balaban J connectivity index is 1.70. The summed E-state index contributed by atoms with van der Waals surface area (Å²) < 4.78 is 0. The van der Waals surface area contributed by atoms with Crippen LogP contribution in [0.5, 0.6) is 0 Å². The summed E-state index contributed by atoms with van der Waals surface area (Å²) in [5.74, 6) is -0.401. The average molecular weight is 324 g/mol. The maximum Gasteiger partial charge on any atom is 0.253 e. The number of fused-ring (bicyclic) bond motifs is 1. The van der Waals surface area contributed by atoms with Gasteiger partial charge in [-0.25, -0.2) is 0 Å². The molecule has 3 rings (SSSR count). The Hall–Kier alpha value is -2.66. The topological polar surface area (TPSA) is 78.4 Å². The molecule has 2 aromatic rings. The first kappa shape index (κ1) is 16.2. The van der Waals surface area contributed by atoms with E-state index in [0.717, 1.165) is 16.8 Å². The fourth-order valence-corrected chi connectivity index (χ4v) is 2.84. The van der Waals surface area contributed by atoms with Gasteiger partial charge in [-0.1, -0.05) is 42.5 Å². The van der Waals surface area contributed by atoms with Crippen molar-refractivity contribution in [2.75, 3.05) is 5.32 Å². The van der Waals surface area contributed by atoms with E-state index >= 15 is 0 Å². The number of aliphatic hydroxyl groups excluding tert-OH is 1. The van der Waals surface area contributed by atoms with Crippen LogP contribution in [0.2, 0.25) is 0 Å². The van der Waals surface area contributed by atoms with E-state index in [2.05, 4.69) is 10.6 Å². The molecule has 0 aromatic heterocycles. The van der Waals surface area contributed by atoms with Crippen molar-refractivity contribution in [3.8, 4) is 0 Å². The van der Waals surface area contributed by atoms with Crippen LogP contribution in [0.15, 0.2) is 48.5 Å². The van der Waals surface area contributed by atoms with E-state index in [1.165, 1.54) is 0 Å². The van der Waals surface area contributed by atoms with Crippen molar-refractivity contribution in [1.29, 1.82) is 0 Å². The fraction of sp³-hybridized carbons (Fsp3) is 0.263. The summed E-state index contributed by atoms with van der Waals surface area (Å²) in [6, 6.07) is 14.3. The second-order valence-corrected chi connectivity index (χ2v) is 6.01. The first-order valence-corrected chi connectivity index (χ1v) is 8.00. The van der Waals surface area contributed by atoms with E-state index in [9.17, 15) is 14.7 Å². The Bertz CT molecular complexity index is 758. The highest BCUT2D eigenvalue weighted by atomic mass is 16.3. The lowest BCUT2D eigenvalue weighted by Crippen LogP contribution is -2.31. The zero-order valence-corrected chi connectivity index (χ0v) is 13.5. The number of rotatable bonds is 4.